The Morgan fingerprint density at radius 3 is 1.59 bits per heavy atom. The zero-order valence-electron chi connectivity index (χ0n) is 18.4. The minimum absolute atomic E-state index is 0.491. The largest absolute Gasteiger partial charge is 0.488 e. The van der Waals surface area contributed by atoms with Gasteiger partial charge in [0.25, 0.3) is 0 Å². The Bertz CT molecular complexity index is 951. The molecule has 0 aliphatic rings. The Balaban J connectivity index is 0.000000241. The Morgan fingerprint density at radius 2 is 1.16 bits per heavy atom. The molecule has 0 aliphatic carbocycles. The maximum absolute atomic E-state index is 8.96. The van der Waals surface area contributed by atoms with E-state index in [2.05, 4.69) is 42.5 Å². The number of hydrogen-bond donors (Lipinski definition) is 3. The van der Waals surface area contributed by atoms with Gasteiger partial charge in [0, 0.05) is 24.3 Å². The van der Waals surface area contributed by atoms with Crippen LogP contribution in [-0.2, 0) is 19.3 Å². The van der Waals surface area contributed by atoms with E-state index < -0.39 is 7.12 Å². The second-order valence-electron chi connectivity index (χ2n) is 6.86. The van der Waals surface area contributed by atoms with Gasteiger partial charge in [0.1, 0.15) is 0 Å². The summed E-state index contributed by atoms with van der Waals surface area (Å²) in [4.78, 5) is 0. The van der Waals surface area contributed by atoms with E-state index in [0.717, 1.165) is 41.1 Å². The van der Waals surface area contributed by atoms with Crippen LogP contribution in [-0.4, -0.2) is 17.2 Å². The minimum Gasteiger partial charge on any atom is -0.423 e. The highest BCUT2D eigenvalue weighted by Crippen LogP contribution is 2.18. The van der Waals surface area contributed by atoms with Gasteiger partial charge in [0.2, 0.25) is 0 Å². The fraction of sp³-hybridized carbons (Fsp3) is 0.250. The van der Waals surface area contributed by atoms with Crippen molar-refractivity contribution in [3.8, 4) is 0 Å². The van der Waals surface area contributed by atoms with Crippen molar-refractivity contribution in [2.75, 3.05) is 5.73 Å². The van der Waals surface area contributed by atoms with Gasteiger partial charge in [-0.2, -0.15) is 0 Å². The van der Waals surface area contributed by atoms with Crippen LogP contribution < -0.4 is 11.2 Å². The highest BCUT2D eigenvalue weighted by atomic mass is 127. The number of rotatable bonds is 4. The first-order valence-corrected chi connectivity index (χ1v) is 12.5. The number of halogens is 4. The highest BCUT2D eigenvalue weighted by molar-refractivity contribution is 14.1. The van der Waals surface area contributed by atoms with Gasteiger partial charge in [0.15, 0.2) is 0 Å². The molecule has 0 bridgehead atoms. The lowest BCUT2D eigenvalue weighted by Crippen LogP contribution is -2.32. The highest BCUT2D eigenvalue weighted by Gasteiger charge is 2.14. The SMILES string of the molecule is CCc1ccc(Cl)cc1B(O)O.CCc1ccc(Cl)cc1I.CCc1ccc(Cl)cc1N. The van der Waals surface area contributed by atoms with Gasteiger partial charge in [-0.1, -0.05) is 73.8 Å². The van der Waals surface area contributed by atoms with Crippen molar-refractivity contribution < 1.29 is 10.0 Å². The first kappa shape index (κ1) is 29.1. The van der Waals surface area contributed by atoms with Crippen LogP contribution in [0.1, 0.15) is 37.5 Å². The first-order valence-electron chi connectivity index (χ1n) is 10.2. The molecular formula is C24H28BCl3INO2. The van der Waals surface area contributed by atoms with Crippen LogP contribution in [0.15, 0.2) is 54.6 Å². The quantitative estimate of drug-likeness (QED) is 0.179. The molecule has 0 spiro atoms. The van der Waals surface area contributed by atoms with Crippen molar-refractivity contribution >= 4 is 75.7 Å². The Labute approximate surface area is 220 Å². The van der Waals surface area contributed by atoms with Crippen molar-refractivity contribution in [1.82, 2.24) is 0 Å². The lowest BCUT2D eigenvalue weighted by molar-refractivity contribution is 0.425. The predicted octanol–water partition coefficient (Wildman–Crippen LogP) is 6.57. The Morgan fingerprint density at radius 1 is 0.719 bits per heavy atom. The molecule has 0 aliphatic heterocycles. The average molecular weight is 607 g/mol. The third-order valence-electron chi connectivity index (χ3n) is 4.65. The molecule has 3 rings (SSSR count). The molecule has 3 aromatic carbocycles. The van der Waals surface area contributed by atoms with Gasteiger partial charge in [-0.25, -0.2) is 0 Å². The number of nitrogens with two attached hydrogens (primary N) is 1. The Kier molecular flexibility index (Phi) is 13.7. The molecule has 0 saturated carbocycles. The van der Waals surface area contributed by atoms with Crippen molar-refractivity contribution in [1.29, 1.82) is 0 Å². The molecule has 172 valence electrons. The van der Waals surface area contributed by atoms with E-state index in [4.69, 9.17) is 50.6 Å². The molecular weight excluding hydrogens is 578 g/mol. The van der Waals surface area contributed by atoms with E-state index in [1.165, 1.54) is 9.13 Å². The van der Waals surface area contributed by atoms with Crippen LogP contribution in [0.3, 0.4) is 0 Å². The lowest BCUT2D eigenvalue weighted by Gasteiger charge is -2.06. The van der Waals surface area contributed by atoms with Crippen LogP contribution in [0.5, 0.6) is 0 Å². The van der Waals surface area contributed by atoms with Crippen LogP contribution in [0.2, 0.25) is 15.1 Å². The second kappa shape index (κ2) is 15.0. The molecule has 3 nitrogen and oxygen atoms in total. The molecule has 0 unspecified atom stereocenters. The minimum atomic E-state index is -1.43. The summed E-state index contributed by atoms with van der Waals surface area (Å²) in [6.07, 6.45) is 2.81. The number of hydrogen-bond acceptors (Lipinski definition) is 3. The topological polar surface area (TPSA) is 66.5 Å². The summed E-state index contributed by atoms with van der Waals surface area (Å²) in [5, 5.41) is 20.0. The summed E-state index contributed by atoms with van der Waals surface area (Å²) in [6.45, 7) is 6.17. The predicted molar refractivity (Wildman–Crippen MR) is 149 cm³/mol. The fourth-order valence-corrected chi connectivity index (χ4v) is 4.44. The molecule has 0 radical (unpaired) electrons. The van der Waals surface area contributed by atoms with Gasteiger partial charge in [-0.3, -0.25) is 0 Å². The molecule has 4 N–H and O–H groups in total. The standard InChI is InChI=1S/C8H10BClO2.C8H8ClI.C8H10ClN/c1-2-6-3-4-7(10)5-8(6)9(11)12;2*1-2-6-3-4-7(9)5-8(6)10/h3-5,11-12H,2H2,1H3;3-5H,2H2,1H3;3-5H,2,10H2,1H3. The normalized spacial score (nSPS) is 9.91. The summed E-state index contributed by atoms with van der Waals surface area (Å²) in [5.74, 6) is 0. The smallest absolute Gasteiger partial charge is 0.423 e. The van der Waals surface area contributed by atoms with Crippen LogP contribution in [0.25, 0.3) is 0 Å². The monoisotopic (exact) mass is 605 g/mol. The van der Waals surface area contributed by atoms with Crippen molar-refractivity contribution in [3.05, 3.63) is 89.9 Å². The molecule has 0 fully saturated rings. The summed E-state index contributed by atoms with van der Waals surface area (Å²) < 4.78 is 1.26. The van der Waals surface area contributed by atoms with E-state index >= 15 is 0 Å². The van der Waals surface area contributed by atoms with E-state index in [-0.39, 0.29) is 0 Å². The zero-order chi connectivity index (χ0) is 24.3. The number of nitrogen functional groups attached to an aromatic ring is 1. The summed E-state index contributed by atoms with van der Waals surface area (Å²) >= 11 is 19.5. The van der Waals surface area contributed by atoms with Crippen LogP contribution in [0.4, 0.5) is 5.69 Å². The summed E-state index contributed by atoms with van der Waals surface area (Å²) in [5.41, 5.74) is 10.4. The van der Waals surface area contributed by atoms with Gasteiger partial charge in [0.05, 0.1) is 0 Å². The lowest BCUT2D eigenvalue weighted by atomic mass is 9.76. The number of aryl methyl sites for hydroxylation is 3. The average Bonchev–Trinajstić information content (AvgIpc) is 2.75. The van der Waals surface area contributed by atoms with E-state index in [0.29, 0.717) is 15.5 Å². The van der Waals surface area contributed by atoms with Gasteiger partial charge in [-0.05, 0) is 100 Å². The van der Waals surface area contributed by atoms with E-state index in [9.17, 15) is 0 Å². The van der Waals surface area contributed by atoms with Gasteiger partial charge < -0.3 is 15.8 Å². The van der Waals surface area contributed by atoms with Crippen molar-refractivity contribution in [3.63, 3.8) is 0 Å². The zero-order valence-corrected chi connectivity index (χ0v) is 22.8. The summed E-state index contributed by atoms with van der Waals surface area (Å²) in [6, 6.07) is 16.7. The molecule has 8 heteroatoms. The molecule has 3 aromatic rings. The van der Waals surface area contributed by atoms with Crippen LogP contribution in [0, 0.1) is 3.57 Å². The van der Waals surface area contributed by atoms with Crippen molar-refractivity contribution in [2.24, 2.45) is 0 Å². The van der Waals surface area contributed by atoms with Gasteiger partial charge >= 0.3 is 7.12 Å². The Hall–Kier alpha value is -0.955. The van der Waals surface area contributed by atoms with E-state index in [1.807, 2.05) is 31.2 Å². The maximum Gasteiger partial charge on any atom is 0.488 e. The summed E-state index contributed by atoms with van der Waals surface area (Å²) in [7, 11) is -1.43. The molecule has 0 atom stereocenters. The number of benzene rings is 3. The second-order valence-corrected chi connectivity index (χ2v) is 9.33. The van der Waals surface area contributed by atoms with Crippen molar-refractivity contribution in [2.45, 2.75) is 40.0 Å². The van der Waals surface area contributed by atoms with E-state index in [1.54, 1.807) is 24.3 Å². The molecule has 0 aromatic heterocycles. The third kappa shape index (κ3) is 9.90. The van der Waals surface area contributed by atoms with Crippen LogP contribution >= 0.6 is 57.4 Å². The maximum atomic E-state index is 8.96. The first-order chi connectivity index (χ1) is 15.1. The molecule has 32 heavy (non-hydrogen) atoms. The van der Waals surface area contributed by atoms with Gasteiger partial charge in [-0.15, -0.1) is 0 Å². The number of anilines is 1. The fourth-order valence-electron chi connectivity index (χ4n) is 2.82. The molecule has 0 saturated heterocycles. The molecule has 0 heterocycles. The molecule has 0 amide bonds. The third-order valence-corrected chi connectivity index (χ3v) is 6.36.